The highest BCUT2D eigenvalue weighted by Crippen LogP contribution is 2.37. The lowest BCUT2D eigenvalue weighted by atomic mass is 10.0. The average Bonchev–Trinajstić information content (AvgIpc) is 3.75. The Morgan fingerprint density at radius 3 is 1.91 bits per heavy atom. The number of H-pyrrole nitrogens is 1. The number of benzene rings is 3. The van der Waals surface area contributed by atoms with Crippen molar-refractivity contribution in [2.24, 2.45) is 0 Å². The van der Waals surface area contributed by atoms with Crippen LogP contribution in [0.25, 0.3) is 10.9 Å². The lowest BCUT2D eigenvalue weighted by molar-refractivity contribution is -0.143. The van der Waals surface area contributed by atoms with Crippen LogP contribution in [-0.2, 0) is 36.3 Å². The molecule has 5 rings (SSSR count). The van der Waals surface area contributed by atoms with E-state index in [1.807, 2.05) is 24.3 Å². The molecular weight excluding hydrogens is 629 g/mol. The number of para-hydroxylation sites is 1. The van der Waals surface area contributed by atoms with E-state index in [1.165, 1.54) is 17.0 Å². The zero-order valence-corrected chi connectivity index (χ0v) is 23.9. The van der Waals surface area contributed by atoms with Gasteiger partial charge in [0.15, 0.2) is 0 Å². The molecule has 0 radical (unpaired) electrons. The van der Waals surface area contributed by atoms with Gasteiger partial charge in [-0.05, 0) is 66.8 Å². The zero-order chi connectivity index (χ0) is 33.4. The maximum Gasteiger partial charge on any atom is 0.416 e. The standard InChI is InChI=1S/C32H26F9N3O2/c33-30(34,35)22-7-5-19(6-8-22)17-43(12-11-20-16-42-27-4-2-1-3-26(20)27)28(45)18-44(25-9-10-25)29(46)21-13-23(31(36,37)38)15-24(14-21)32(39,40)41/h1-8,13-16,25,42H,9-12,17-18H2. The molecule has 14 heteroatoms. The molecule has 1 N–H and O–H groups in total. The Labute approximate surface area is 256 Å². The van der Waals surface area contributed by atoms with Crippen molar-refractivity contribution in [3.8, 4) is 0 Å². The highest BCUT2D eigenvalue weighted by atomic mass is 19.4. The maximum atomic E-state index is 13.7. The topological polar surface area (TPSA) is 56.4 Å². The molecule has 1 aliphatic rings. The summed E-state index contributed by atoms with van der Waals surface area (Å²) in [5.74, 6) is -1.85. The zero-order valence-electron chi connectivity index (χ0n) is 23.9. The summed E-state index contributed by atoms with van der Waals surface area (Å²) in [6.07, 6.45) is -12.1. The Morgan fingerprint density at radius 1 is 0.761 bits per heavy atom. The molecular formula is C32H26F9N3O2. The Morgan fingerprint density at radius 2 is 1.35 bits per heavy atom. The summed E-state index contributed by atoms with van der Waals surface area (Å²) < 4.78 is 120. The number of alkyl halides is 9. The van der Waals surface area contributed by atoms with Crippen LogP contribution in [0.1, 0.15) is 51.0 Å². The van der Waals surface area contributed by atoms with Gasteiger partial charge in [-0.1, -0.05) is 30.3 Å². The second-order valence-electron chi connectivity index (χ2n) is 11.1. The van der Waals surface area contributed by atoms with Gasteiger partial charge in [0.25, 0.3) is 5.91 Å². The first-order valence-electron chi connectivity index (χ1n) is 14.1. The number of nitrogens with one attached hydrogen (secondary N) is 1. The molecule has 3 aromatic carbocycles. The third kappa shape index (κ3) is 7.65. The molecule has 0 unspecified atom stereocenters. The van der Waals surface area contributed by atoms with Gasteiger partial charge in [-0.3, -0.25) is 9.59 Å². The van der Waals surface area contributed by atoms with Crippen molar-refractivity contribution in [2.75, 3.05) is 13.1 Å². The molecule has 2 amide bonds. The Balaban J connectivity index is 1.42. The van der Waals surface area contributed by atoms with E-state index in [-0.39, 0.29) is 19.2 Å². The van der Waals surface area contributed by atoms with E-state index in [1.54, 1.807) is 6.20 Å². The monoisotopic (exact) mass is 655 g/mol. The fourth-order valence-corrected chi connectivity index (χ4v) is 5.15. The van der Waals surface area contributed by atoms with Gasteiger partial charge in [0.1, 0.15) is 6.54 Å². The molecule has 0 aliphatic heterocycles. The van der Waals surface area contributed by atoms with Crippen molar-refractivity contribution in [3.05, 3.63) is 106 Å². The lowest BCUT2D eigenvalue weighted by Crippen LogP contribution is -2.44. The summed E-state index contributed by atoms with van der Waals surface area (Å²) in [7, 11) is 0. The predicted molar refractivity (Wildman–Crippen MR) is 149 cm³/mol. The molecule has 1 aromatic heterocycles. The van der Waals surface area contributed by atoms with Gasteiger partial charge in [0.2, 0.25) is 5.91 Å². The van der Waals surface area contributed by atoms with Gasteiger partial charge in [-0.2, -0.15) is 39.5 Å². The predicted octanol–water partition coefficient (Wildman–Crippen LogP) is 8.10. The van der Waals surface area contributed by atoms with Crippen molar-refractivity contribution < 1.29 is 49.1 Å². The third-order valence-electron chi connectivity index (χ3n) is 7.72. The van der Waals surface area contributed by atoms with E-state index in [2.05, 4.69) is 4.98 Å². The van der Waals surface area contributed by atoms with Crippen LogP contribution in [0.2, 0.25) is 0 Å². The highest BCUT2D eigenvalue weighted by Gasteiger charge is 2.40. The molecule has 1 heterocycles. The second-order valence-corrected chi connectivity index (χ2v) is 11.1. The lowest BCUT2D eigenvalue weighted by Gasteiger charge is -2.28. The van der Waals surface area contributed by atoms with Crippen LogP contribution in [0, 0.1) is 0 Å². The van der Waals surface area contributed by atoms with Crippen molar-refractivity contribution >= 4 is 22.7 Å². The van der Waals surface area contributed by atoms with Crippen molar-refractivity contribution in [1.82, 2.24) is 14.8 Å². The molecule has 0 saturated heterocycles. The SMILES string of the molecule is O=C(CN(C(=O)c1cc(C(F)(F)F)cc(C(F)(F)F)c1)C1CC1)N(CCc1c[nH]c2ccccc12)Cc1ccc(C(F)(F)F)cc1. The van der Waals surface area contributed by atoms with Gasteiger partial charge in [0, 0.05) is 41.8 Å². The van der Waals surface area contributed by atoms with Gasteiger partial charge < -0.3 is 14.8 Å². The summed E-state index contributed by atoms with van der Waals surface area (Å²) >= 11 is 0. The molecule has 0 spiro atoms. The first-order chi connectivity index (χ1) is 21.5. The van der Waals surface area contributed by atoms with Gasteiger partial charge in [0.05, 0.1) is 16.7 Å². The number of hydrogen-bond acceptors (Lipinski definition) is 2. The van der Waals surface area contributed by atoms with E-state index in [0.29, 0.717) is 37.0 Å². The maximum absolute atomic E-state index is 13.7. The molecule has 244 valence electrons. The number of halogens is 9. The van der Waals surface area contributed by atoms with Gasteiger partial charge in [-0.25, -0.2) is 0 Å². The molecule has 0 atom stereocenters. The fourth-order valence-electron chi connectivity index (χ4n) is 5.15. The van der Waals surface area contributed by atoms with Crippen LogP contribution < -0.4 is 0 Å². The van der Waals surface area contributed by atoms with Crippen LogP contribution in [0.5, 0.6) is 0 Å². The number of rotatable bonds is 9. The van der Waals surface area contributed by atoms with E-state index < -0.39 is 65.2 Å². The quantitative estimate of drug-likeness (QED) is 0.185. The summed E-state index contributed by atoms with van der Waals surface area (Å²) in [4.78, 5) is 32.5. The number of aromatic amines is 1. The number of fused-ring (bicyclic) bond motifs is 1. The minimum Gasteiger partial charge on any atom is -0.361 e. The molecule has 4 aromatic rings. The smallest absolute Gasteiger partial charge is 0.361 e. The number of nitrogens with zero attached hydrogens (tertiary/aromatic N) is 2. The van der Waals surface area contributed by atoms with Gasteiger partial charge in [-0.15, -0.1) is 0 Å². The first kappa shape index (κ1) is 32.9. The van der Waals surface area contributed by atoms with E-state index in [9.17, 15) is 49.1 Å². The van der Waals surface area contributed by atoms with Crippen molar-refractivity contribution in [3.63, 3.8) is 0 Å². The van der Waals surface area contributed by atoms with Crippen LogP contribution >= 0.6 is 0 Å². The highest BCUT2D eigenvalue weighted by molar-refractivity contribution is 5.97. The van der Waals surface area contributed by atoms with Crippen LogP contribution in [-0.4, -0.2) is 45.7 Å². The molecule has 1 fully saturated rings. The number of amides is 2. The number of hydrogen-bond donors (Lipinski definition) is 1. The van der Waals surface area contributed by atoms with Crippen LogP contribution in [0.4, 0.5) is 39.5 Å². The number of carbonyl (C=O) groups is 2. The number of carbonyl (C=O) groups excluding carboxylic acids is 2. The van der Waals surface area contributed by atoms with Crippen LogP contribution in [0.15, 0.2) is 72.9 Å². The third-order valence-corrected chi connectivity index (χ3v) is 7.72. The van der Waals surface area contributed by atoms with Crippen LogP contribution in [0.3, 0.4) is 0 Å². The Hall–Kier alpha value is -4.49. The normalized spacial score (nSPS) is 14.0. The first-order valence-corrected chi connectivity index (χ1v) is 14.1. The summed E-state index contributed by atoms with van der Waals surface area (Å²) in [6, 6.07) is 11.5. The van der Waals surface area contributed by atoms with E-state index in [0.717, 1.165) is 33.5 Å². The molecule has 1 saturated carbocycles. The molecule has 46 heavy (non-hydrogen) atoms. The minimum absolute atomic E-state index is 0.0518. The summed E-state index contributed by atoms with van der Waals surface area (Å²) in [6.45, 7) is -0.764. The van der Waals surface area contributed by atoms with Gasteiger partial charge >= 0.3 is 18.5 Å². The average molecular weight is 656 g/mol. The Bertz CT molecular complexity index is 1690. The molecule has 0 bridgehead atoms. The van der Waals surface area contributed by atoms with Crippen molar-refractivity contribution in [2.45, 2.75) is 50.4 Å². The molecule has 5 nitrogen and oxygen atoms in total. The largest absolute Gasteiger partial charge is 0.416 e. The second kappa shape index (κ2) is 12.4. The fraction of sp³-hybridized carbons (Fsp3) is 0.312. The summed E-state index contributed by atoms with van der Waals surface area (Å²) in [5.41, 5.74) is -3.06. The number of aromatic nitrogens is 1. The minimum atomic E-state index is -5.17. The summed E-state index contributed by atoms with van der Waals surface area (Å²) in [5, 5.41) is 0.879. The Kier molecular flexibility index (Phi) is 8.84. The van der Waals surface area contributed by atoms with E-state index >= 15 is 0 Å². The van der Waals surface area contributed by atoms with Crippen molar-refractivity contribution in [1.29, 1.82) is 0 Å². The van der Waals surface area contributed by atoms with E-state index in [4.69, 9.17) is 0 Å². The molecule has 1 aliphatic carbocycles.